The molecule has 0 spiro atoms. The molecule has 2 aromatic rings. The fourth-order valence-corrected chi connectivity index (χ4v) is 2.05. The van der Waals surface area contributed by atoms with Crippen LogP contribution in [0.4, 0.5) is 11.4 Å². The number of hydrogen-bond donors (Lipinski definition) is 2. The molecule has 1 amide bonds. The maximum atomic E-state index is 12.3. The third-order valence-electron chi connectivity index (χ3n) is 3.16. The van der Waals surface area contributed by atoms with Crippen LogP contribution in [-0.4, -0.2) is 17.6 Å². The highest BCUT2D eigenvalue weighted by molar-refractivity contribution is 6.28. The number of aryl methyl sites for hydroxylation is 2. The third-order valence-corrected chi connectivity index (χ3v) is 3.43. The summed E-state index contributed by atoms with van der Waals surface area (Å²) >= 11 is 5.63. The average Bonchev–Trinajstić information content (AvgIpc) is 2.50. The fourth-order valence-electron chi connectivity index (χ4n) is 1.99. The first-order chi connectivity index (χ1) is 10.5. The molecule has 22 heavy (non-hydrogen) atoms. The monoisotopic (exact) mass is 315 g/mol. The van der Waals surface area contributed by atoms with Crippen LogP contribution in [0.3, 0.4) is 0 Å². The number of benzene rings is 2. The minimum atomic E-state index is -0.154. The van der Waals surface area contributed by atoms with Gasteiger partial charge in [0.15, 0.2) is 0 Å². The topological polar surface area (TPSA) is 67.5 Å². The van der Waals surface area contributed by atoms with E-state index in [4.69, 9.17) is 17.3 Å². The van der Waals surface area contributed by atoms with Crippen LogP contribution in [0.15, 0.2) is 47.5 Å². The second-order valence-corrected chi connectivity index (χ2v) is 5.33. The lowest BCUT2D eigenvalue weighted by atomic mass is 10.1. The van der Waals surface area contributed by atoms with Crippen molar-refractivity contribution >= 4 is 34.7 Å². The Morgan fingerprint density at radius 2 is 2.00 bits per heavy atom. The first-order valence-corrected chi connectivity index (χ1v) is 7.40. The van der Waals surface area contributed by atoms with Gasteiger partial charge < -0.3 is 11.1 Å². The summed E-state index contributed by atoms with van der Waals surface area (Å²) in [5.74, 6) is 0.346. The number of nitrogens with two attached hydrogens (primary N) is 1. The van der Waals surface area contributed by atoms with E-state index in [0.717, 1.165) is 11.1 Å². The molecule has 0 aliphatic carbocycles. The lowest BCUT2D eigenvalue weighted by molar-refractivity contribution is 0.102. The molecule has 0 aliphatic heterocycles. The van der Waals surface area contributed by atoms with Gasteiger partial charge in [-0.2, -0.15) is 0 Å². The minimum Gasteiger partial charge on any atom is -0.386 e. The Kier molecular flexibility index (Phi) is 5.17. The summed E-state index contributed by atoms with van der Waals surface area (Å²) in [4.78, 5) is 16.5. The summed E-state index contributed by atoms with van der Waals surface area (Å²) in [7, 11) is 0. The number of aliphatic imine (C=N–C) groups is 1. The molecule has 2 aromatic carbocycles. The minimum absolute atomic E-state index is 0.154. The summed E-state index contributed by atoms with van der Waals surface area (Å²) < 4.78 is 0. The predicted molar refractivity (Wildman–Crippen MR) is 92.3 cm³/mol. The van der Waals surface area contributed by atoms with Gasteiger partial charge in [0, 0.05) is 11.3 Å². The Morgan fingerprint density at radius 3 is 2.68 bits per heavy atom. The lowest BCUT2D eigenvalue weighted by Gasteiger charge is -2.10. The zero-order valence-electron chi connectivity index (χ0n) is 12.6. The van der Waals surface area contributed by atoms with E-state index in [9.17, 15) is 4.79 Å². The van der Waals surface area contributed by atoms with Gasteiger partial charge in [-0.15, -0.1) is 11.6 Å². The molecular weight excluding hydrogens is 298 g/mol. The van der Waals surface area contributed by atoms with E-state index in [1.807, 2.05) is 44.2 Å². The molecule has 0 fully saturated rings. The van der Waals surface area contributed by atoms with Crippen LogP contribution in [0.25, 0.3) is 0 Å². The van der Waals surface area contributed by atoms with E-state index in [-0.39, 0.29) is 11.8 Å². The number of rotatable bonds is 4. The third kappa shape index (κ3) is 4.09. The standard InChI is InChI=1S/C17H18ClN3O/c1-11-4-3-5-13(8-11)17(22)21-15-9-14(7-6-12(15)2)20-16(19)10-18/h3-9H,10H2,1-2H3,(H2,19,20)(H,21,22). The van der Waals surface area contributed by atoms with Crippen molar-refractivity contribution in [3.8, 4) is 0 Å². The van der Waals surface area contributed by atoms with Gasteiger partial charge in [-0.05, 0) is 43.7 Å². The molecule has 0 radical (unpaired) electrons. The molecule has 4 nitrogen and oxygen atoms in total. The summed E-state index contributed by atoms with van der Waals surface area (Å²) in [6, 6.07) is 12.9. The average molecular weight is 316 g/mol. The summed E-state index contributed by atoms with van der Waals surface area (Å²) in [6.45, 7) is 3.87. The van der Waals surface area contributed by atoms with E-state index in [2.05, 4.69) is 10.3 Å². The molecule has 2 rings (SSSR count). The number of alkyl halides is 1. The zero-order chi connectivity index (χ0) is 16.1. The van der Waals surface area contributed by atoms with Crippen LogP contribution in [0, 0.1) is 13.8 Å². The zero-order valence-corrected chi connectivity index (χ0v) is 13.3. The number of carbonyl (C=O) groups is 1. The van der Waals surface area contributed by atoms with Crippen LogP contribution >= 0.6 is 11.6 Å². The van der Waals surface area contributed by atoms with Crippen molar-refractivity contribution in [3.05, 3.63) is 59.2 Å². The van der Waals surface area contributed by atoms with Crippen LogP contribution in [0.1, 0.15) is 21.5 Å². The molecule has 0 bridgehead atoms. The number of nitrogens with zero attached hydrogens (tertiary/aromatic N) is 1. The summed E-state index contributed by atoms with van der Waals surface area (Å²) in [5.41, 5.74) is 9.60. The Morgan fingerprint density at radius 1 is 1.23 bits per heavy atom. The van der Waals surface area contributed by atoms with E-state index < -0.39 is 0 Å². The highest BCUT2D eigenvalue weighted by Crippen LogP contribution is 2.23. The molecular formula is C17H18ClN3O. The predicted octanol–water partition coefficient (Wildman–Crippen LogP) is 3.78. The van der Waals surface area contributed by atoms with Gasteiger partial charge in [0.1, 0.15) is 5.84 Å². The number of nitrogens with one attached hydrogen (secondary N) is 1. The van der Waals surface area contributed by atoms with Gasteiger partial charge in [0.05, 0.1) is 11.6 Å². The number of hydrogen-bond acceptors (Lipinski definition) is 2. The first-order valence-electron chi connectivity index (χ1n) is 6.87. The normalized spacial score (nSPS) is 11.3. The molecule has 0 saturated carbocycles. The van der Waals surface area contributed by atoms with E-state index in [1.165, 1.54) is 0 Å². The van der Waals surface area contributed by atoms with E-state index >= 15 is 0 Å². The highest BCUT2D eigenvalue weighted by atomic mass is 35.5. The van der Waals surface area contributed by atoms with Crippen LogP contribution in [-0.2, 0) is 0 Å². The molecule has 0 aliphatic rings. The second kappa shape index (κ2) is 7.09. The molecule has 5 heteroatoms. The van der Waals surface area contributed by atoms with Gasteiger partial charge >= 0.3 is 0 Å². The van der Waals surface area contributed by atoms with Gasteiger partial charge in [-0.25, -0.2) is 4.99 Å². The Hall–Kier alpha value is -2.33. The smallest absolute Gasteiger partial charge is 0.255 e. The Labute approximate surface area is 135 Å². The highest BCUT2D eigenvalue weighted by Gasteiger charge is 2.08. The summed E-state index contributed by atoms with van der Waals surface area (Å²) in [6.07, 6.45) is 0. The van der Waals surface area contributed by atoms with Crippen LogP contribution < -0.4 is 11.1 Å². The van der Waals surface area contributed by atoms with Gasteiger partial charge in [-0.1, -0.05) is 23.8 Å². The molecule has 0 atom stereocenters. The van der Waals surface area contributed by atoms with Gasteiger partial charge in [0.2, 0.25) is 0 Å². The Bertz CT molecular complexity index is 726. The largest absolute Gasteiger partial charge is 0.386 e. The van der Waals surface area contributed by atoms with Crippen molar-refractivity contribution in [1.82, 2.24) is 0 Å². The molecule has 0 unspecified atom stereocenters. The van der Waals surface area contributed by atoms with Crippen molar-refractivity contribution in [2.24, 2.45) is 10.7 Å². The number of carbonyl (C=O) groups excluding carboxylic acids is 1. The number of anilines is 1. The molecule has 0 saturated heterocycles. The van der Waals surface area contributed by atoms with Gasteiger partial charge in [0.25, 0.3) is 5.91 Å². The van der Waals surface area contributed by atoms with Crippen molar-refractivity contribution in [3.63, 3.8) is 0 Å². The van der Waals surface area contributed by atoms with Gasteiger partial charge in [-0.3, -0.25) is 4.79 Å². The second-order valence-electron chi connectivity index (χ2n) is 5.06. The SMILES string of the molecule is Cc1cccc(C(=O)Nc2cc(N=C(N)CCl)ccc2C)c1. The van der Waals surface area contributed by atoms with Crippen molar-refractivity contribution in [2.45, 2.75) is 13.8 Å². The number of halogens is 1. The van der Waals surface area contributed by atoms with Crippen LogP contribution in [0.5, 0.6) is 0 Å². The molecule has 3 N–H and O–H groups in total. The quantitative estimate of drug-likeness (QED) is 0.512. The van der Waals surface area contributed by atoms with E-state index in [0.29, 0.717) is 22.8 Å². The number of amides is 1. The maximum Gasteiger partial charge on any atom is 0.255 e. The van der Waals surface area contributed by atoms with E-state index in [1.54, 1.807) is 12.1 Å². The summed E-state index contributed by atoms with van der Waals surface area (Å²) in [5, 5.41) is 2.90. The maximum absolute atomic E-state index is 12.3. The molecule has 0 heterocycles. The van der Waals surface area contributed by atoms with Crippen molar-refractivity contribution < 1.29 is 4.79 Å². The van der Waals surface area contributed by atoms with Crippen molar-refractivity contribution in [2.75, 3.05) is 11.2 Å². The Balaban J connectivity index is 2.25. The number of amidine groups is 1. The van der Waals surface area contributed by atoms with Crippen molar-refractivity contribution in [1.29, 1.82) is 0 Å². The molecule has 114 valence electrons. The first kappa shape index (κ1) is 16.0. The van der Waals surface area contributed by atoms with Crippen LogP contribution in [0.2, 0.25) is 0 Å². The fraction of sp³-hybridized carbons (Fsp3) is 0.176. The lowest BCUT2D eigenvalue weighted by Crippen LogP contribution is -2.13. The molecule has 0 aromatic heterocycles.